The number of carbonyl (C=O) groups excluding carboxylic acids is 2. The van der Waals surface area contributed by atoms with Crippen LogP contribution < -0.4 is 19.1 Å². The topological polar surface area (TPSA) is 105 Å². The number of rotatable bonds is 15. The van der Waals surface area contributed by atoms with Gasteiger partial charge in [-0.15, -0.1) is 0 Å². The summed E-state index contributed by atoms with van der Waals surface area (Å²) < 4.78 is 36.7. The molecule has 1 N–H and O–H groups in total. The zero-order valence-corrected chi connectivity index (χ0v) is 24.1. The number of benzene rings is 2. The van der Waals surface area contributed by atoms with Gasteiger partial charge in [-0.3, -0.25) is 13.9 Å². The Morgan fingerprint density at radius 1 is 0.921 bits per heavy atom. The monoisotopic (exact) mass is 547 g/mol. The molecule has 0 fully saturated rings. The van der Waals surface area contributed by atoms with E-state index in [1.165, 1.54) is 4.31 Å². The van der Waals surface area contributed by atoms with Gasteiger partial charge in [0.15, 0.2) is 0 Å². The average molecular weight is 548 g/mol. The fourth-order valence-electron chi connectivity index (χ4n) is 4.04. The molecule has 2 atom stereocenters. The molecular formula is C28H41N3O6S. The van der Waals surface area contributed by atoms with Crippen LogP contribution in [-0.2, 0) is 26.2 Å². The molecule has 0 aliphatic heterocycles. The number of methoxy groups -OCH3 is 2. The lowest BCUT2D eigenvalue weighted by Crippen LogP contribution is -2.50. The fraction of sp³-hybridized carbons (Fsp3) is 0.500. The van der Waals surface area contributed by atoms with Gasteiger partial charge in [-0.05, 0) is 68.1 Å². The van der Waals surface area contributed by atoms with Crippen LogP contribution in [0, 0.1) is 0 Å². The Bertz CT molecular complexity index is 1140. The number of hydrogen-bond acceptors (Lipinski definition) is 6. The molecule has 210 valence electrons. The third kappa shape index (κ3) is 8.93. The first kappa shape index (κ1) is 31.0. The van der Waals surface area contributed by atoms with Crippen LogP contribution in [0.15, 0.2) is 48.5 Å². The van der Waals surface area contributed by atoms with Crippen LogP contribution in [0.5, 0.6) is 11.5 Å². The van der Waals surface area contributed by atoms with Gasteiger partial charge >= 0.3 is 0 Å². The SMILES string of the molecule is CC[C@@H](C)NC(=O)[C@@H](CC)N(Cc1ccc(OC)cc1)C(=O)CCCN(c1ccc(OC)cc1)S(C)(=O)=O. The standard InChI is InChI=1S/C28H41N3O6S/c1-7-21(3)29-28(33)26(8-2)30(20-22-11-15-24(36-4)16-12-22)27(32)10-9-19-31(38(6,34)35)23-13-17-25(37-5)18-14-23/h11-18,21,26H,7-10,19-20H2,1-6H3,(H,29,33)/t21-,26-/m1/s1. The predicted octanol–water partition coefficient (Wildman–Crippen LogP) is 3.97. The van der Waals surface area contributed by atoms with Crippen LogP contribution in [0.25, 0.3) is 0 Å². The molecule has 2 rings (SSSR count). The average Bonchev–Trinajstić information content (AvgIpc) is 2.90. The van der Waals surface area contributed by atoms with Crippen molar-refractivity contribution in [1.82, 2.24) is 10.2 Å². The predicted molar refractivity (Wildman–Crippen MR) is 150 cm³/mol. The summed E-state index contributed by atoms with van der Waals surface area (Å²) in [4.78, 5) is 28.2. The fourth-order valence-corrected chi connectivity index (χ4v) is 5.01. The molecule has 2 amide bonds. The van der Waals surface area contributed by atoms with Gasteiger partial charge in [0, 0.05) is 25.6 Å². The Kier molecular flexibility index (Phi) is 11.9. The summed E-state index contributed by atoms with van der Waals surface area (Å²) in [6, 6.07) is 13.4. The smallest absolute Gasteiger partial charge is 0.243 e. The molecular weight excluding hydrogens is 506 g/mol. The van der Waals surface area contributed by atoms with E-state index in [1.807, 2.05) is 45.0 Å². The Hall–Kier alpha value is -3.27. The van der Waals surface area contributed by atoms with E-state index in [0.29, 0.717) is 30.0 Å². The molecule has 0 heterocycles. The van der Waals surface area contributed by atoms with Gasteiger partial charge in [0.25, 0.3) is 0 Å². The van der Waals surface area contributed by atoms with Gasteiger partial charge in [-0.25, -0.2) is 8.42 Å². The summed E-state index contributed by atoms with van der Waals surface area (Å²) in [5, 5.41) is 2.99. The Labute approximate surface area is 227 Å². The summed E-state index contributed by atoms with van der Waals surface area (Å²) in [5.41, 5.74) is 1.36. The Balaban J connectivity index is 2.22. The lowest BCUT2D eigenvalue weighted by atomic mass is 10.1. The molecule has 0 aromatic heterocycles. The normalized spacial score (nSPS) is 12.8. The first-order valence-electron chi connectivity index (χ1n) is 12.9. The molecule has 0 aliphatic carbocycles. The van der Waals surface area contributed by atoms with Crippen LogP contribution in [0.3, 0.4) is 0 Å². The van der Waals surface area contributed by atoms with Crippen molar-refractivity contribution in [2.24, 2.45) is 0 Å². The third-order valence-electron chi connectivity index (χ3n) is 6.41. The molecule has 2 aromatic rings. The van der Waals surface area contributed by atoms with Crippen molar-refractivity contribution >= 4 is 27.5 Å². The van der Waals surface area contributed by atoms with E-state index in [1.54, 1.807) is 43.4 Å². The number of amides is 2. The second-order valence-electron chi connectivity index (χ2n) is 9.25. The summed E-state index contributed by atoms with van der Waals surface area (Å²) in [6.45, 7) is 6.18. The molecule has 0 aliphatic rings. The molecule has 38 heavy (non-hydrogen) atoms. The van der Waals surface area contributed by atoms with Crippen molar-refractivity contribution in [3.63, 3.8) is 0 Å². The number of nitrogens with zero attached hydrogens (tertiary/aromatic N) is 2. The lowest BCUT2D eigenvalue weighted by Gasteiger charge is -2.32. The maximum atomic E-state index is 13.5. The zero-order valence-electron chi connectivity index (χ0n) is 23.3. The van der Waals surface area contributed by atoms with E-state index in [0.717, 1.165) is 18.2 Å². The van der Waals surface area contributed by atoms with Crippen molar-refractivity contribution in [1.29, 1.82) is 0 Å². The summed E-state index contributed by atoms with van der Waals surface area (Å²) in [6.07, 6.45) is 2.75. The molecule has 0 saturated heterocycles. The number of carbonyl (C=O) groups is 2. The number of hydrogen-bond donors (Lipinski definition) is 1. The highest BCUT2D eigenvalue weighted by atomic mass is 32.2. The summed E-state index contributed by atoms with van der Waals surface area (Å²) >= 11 is 0. The largest absolute Gasteiger partial charge is 0.497 e. The highest BCUT2D eigenvalue weighted by Crippen LogP contribution is 2.23. The quantitative estimate of drug-likeness (QED) is 0.362. The lowest BCUT2D eigenvalue weighted by molar-refractivity contribution is -0.141. The molecule has 2 aromatic carbocycles. The van der Waals surface area contributed by atoms with Gasteiger partial charge in [0.1, 0.15) is 17.5 Å². The van der Waals surface area contributed by atoms with E-state index in [-0.39, 0.29) is 37.4 Å². The summed E-state index contributed by atoms with van der Waals surface area (Å²) in [7, 11) is -0.443. The Morgan fingerprint density at radius 2 is 1.47 bits per heavy atom. The van der Waals surface area contributed by atoms with Crippen LogP contribution in [0.4, 0.5) is 5.69 Å². The van der Waals surface area contributed by atoms with Crippen molar-refractivity contribution < 1.29 is 27.5 Å². The number of ether oxygens (including phenoxy) is 2. The van der Waals surface area contributed by atoms with Crippen molar-refractivity contribution in [3.05, 3.63) is 54.1 Å². The van der Waals surface area contributed by atoms with E-state index in [2.05, 4.69) is 5.32 Å². The second-order valence-corrected chi connectivity index (χ2v) is 11.2. The summed E-state index contributed by atoms with van der Waals surface area (Å²) in [5.74, 6) is 0.912. The van der Waals surface area contributed by atoms with E-state index >= 15 is 0 Å². The van der Waals surface area contributed by atoms with Crippen LogP contribution >= 0.6 is 0 Å². The van der Waals surface area contributed by atoms with E-state index < -0.39 is 16.1 Å². The first-order chi connectivity index (χ1) is 18.0. The second kappa shape index (κ2) is 14.6. The molecule has 9 nitrogen and oxygen atoms in total. The van der Waals surface area contributed by atoms with E-state index in [9.17, 15) is 18.0 Å². The third-order valence-corrected chi connectivity index (χ3v) is 7.61. The number of anilines is 1. The minimum absolute atomic E-state index is 0.0118. The van der Waals surface area contributed by atoms with Gasteiger partial charge < -0.3 is 19.7 Å². The number of nitrogens with one attached hydrogen (secondary N) is 1. The van der Waals surface area contributed by atoms with Crippen LogP contribution in [-0.4, -0.2) is 64.2 Å². The van der Waals surface area contributed by atoms with Crippen LogP contribution in [0.1, 0.15) is 52.0 Å². The van der Waals surface area contributed by atoms with Crippen LogP contribution in [0.2, 0.25) is 0 Å². The molecule has 10 heteroatoms. The minimum Gasteiger partial charge on any atom is -0.497 e. The first-order valence-corrected chi connectivity index (χ1v) is 14.7. The van der Waals surface area contributed by atoms with Crippen molar-refractivity contribution in [3.8, 4) is 11.5 Å². The van der Waals surface area contributed by atoms with Crippen molar-refractivity contribution in [2.75, 3.05) is 31.3 Å². The van der Waals surface area contributed by atoms with Gasteiger partial charge in [-0.1, -0.05) is 26.0 Å². The minimum atomic E-state index is -3.57. The number of sulfonamides is 1. The maximum absolute atomic E-state index is 13.5. The van der Waals surface area contributed by atoms with Crippen molar-refractivity contribution in [2.45, 2.75) is 65.1 Å². The van der Waals surface area contributed by atoms with Gasteiger partial charge in [0.05, 0.1) is 26.2 Å². The maximum Gasteiger partial charge on any atom is 0.243 e. The van der Waals surface area contributed by atoms with Gasteiger partial charge in [-0.2, -0.15) is 0 Å². The molecule has 0 radical (unpaired) electrons. The molecule has 0 bridgehead atoms. The molecule has 0 spiro atoms. The van der Waals surface area contributed by atoms with Gasteiger partial charge in [0.2, 0.25) is 21.8 Å². The highest BCUT2D eigenvalue weighted by Gasteiger charge is 2.29. The molecule has 0 saturated carbocycles. The van der Waals surface area contributed by atoms with E-state index in [4.69, 9.17) is 9.47 Å². The molecule has 0 unspecified atom stereocenters. The highest BCUT2D eigenvalue weighted by molar-refractivity contribution is 7.92. The Morgan fingerprint density at radius 3 is 1.95 bits per heavy atom. The zero-order chi connectivity index (χ0) is 28.3.